The third kappa shape index (κ3) is 3.51. The Balaban J connectivity index is 1.68. The zero-order valence-corrected chi connectivity index (χ0v) is 14.1. The Morgan fingerprint density at radius 1 is 1.30 bits per heavy atom. The first-order chi connectivity index (χ1) is 10.8. The predicted molar refractivity (Wildman–Crippen MR) is 84.9 cm³/mol. The molecular formula is C15H18ClFN2O3S. The lowest BCUT2D eigenvalue weighted by Crippen LogP contribution is -2.44. The topological polar surface area (TPSA) is 66.5 Å². The van der Waals surface area contributed by atoms with Gasteiger partial charge < -0.3 is 5.32 Å². The zero-order valence-electron chi connectivity index (χ0n) is 12.5. The van der Waals surface area contributed by atoms with Crippen LogP contribution in [0.5, 0.6) is 0 Å². The lowest BCUT2D eigenvalue weighted by atomic mass is 9.78. The van der Waals surface area contributed by atoms with E-state index < -0.39 is 15.8 Å². The van der Waals surface area contributed by atoms with Gasteiger partial charge in [0.15, 0.2) is 0 Å². The van der Waals surface area contributed by atoms with Crippen LogP contribution in [0.3, 0.4) is 0 Å². The Morgan fingerprint density at radius 3 is 2.57 bits per heavy atom. The highest BCUT2D eigenvalue weighted by molar-refractivity contribution is 7.88. The summed E-state index contributed by atoms with van der Waals surface area (Å²) in [6, 6.07) is 4.00. The van der Waals surface area contributed by atoms with Crippen molar-refractivity contribution < 1.29 is 17.6 Å². The summed E-state index contributed by atoms with van der Waals surface area (Å²) >= 11 is 5.68. The number of rotatable bonds is 3. The van der Waals surface area contributed by atoms with Gasteiger partial charge in [-0.3, -0.25) is 4.79 Å². The molecule has 1 aromatic carbocycles. The SMILES string of the molecule is O=C1CC2(CCN(S(=O)(=O)Cc3ccc(Cl)cc3F)CC2)CN1. The van der Waals surface area contributed by atoms with E-state index in [1.807, 2.05) is 0 Å². The summed E-state index contributed by atoms with van der Waals surface area (Å²) < 4.78 is 40.2. The fourth-order valence-electron chi connectivity index (χ4n) is 3.27. The van der Waals surface area contributed by atoms with Gasteiger partial charge in [0, 0.05) is 36.6 Å². The van der Waals surface area contributed by atoms with Gasteiger partial charge in [0.05, 0.1) is 5.75 Å². The summed E-state index contributed by atoms with van der Waals surface area (Å²) in [4.78, 5) is 11.4. The van der Waals surface area contributed by atoms with Gasteiger partial charge in [-0.15, -0.1) is 0 Å². The first kappa shape index (κ1) is 16.7. The Hall–Kier alpha value is -1.18. The molecule has 0 aliphatic carbocycles. The van der Waals surface area contributed by atoms with Crippen molar-refractivity contribution in [3.63, 3.8) is 0 Å². The van der Waals surface area contributed by atoms with Crippen molar-refractivity contribution in [2.75, 3.05) is 19.6 Å². The van der Waals surface area contributed by atoms with Gasteiger partial charge in [-0.2, -0.15) is 0 Å². The highest BCUT2D eigenvalue weighted by Gasteiger charge is 2.42. The van der Waals surface area contributed by atoms with Crippen LogP contribution in [-0.4, -0.2) is 38.3 Å². The second-order valence-corrected chi connectivity index (χ2v) is 8.75. The second-order valence-electron chi connectivity index (χ2n) is 6.34. The summed E-state index contributed by atoms with van der Waals surface area (Å²) in [6.07, 6.45) is 1.76. The number of amides is 1. The molecule has 1 aromatic rings. The lowest BCUT2D eigenvalue weighted by Gasteiger charge is -2.37. The molecule has 5 nitrogen and oxygen atoms in total. The second kappa shape index (κ2) is 6.03. The summed E-state index contributed by atoms with van der Waals surface area (Å²) in [5.41, 5.74) is 0.00152. The summed E-state index contributed by atoms with van der Waals surface area (Å²) in [6.45, 7) is 1.35. The van der Waals surface area contributed by atoms with E-state index in [-0.39, 0.29) is 27.7 Å². The first-order valence-electron chi connectivity index (χ1n) is 7.48. The Labute approximate surface area is 139 Å². The van der Waals surface area contributed by atoms with Crippen LogP contribution in [0.2, 0.25) is 5.02 Å². The van der Waals surface area contributed by atoms with Crippen LogP contribution in [-0.2, 0) is 20.6 Å². The standard InChI is InChI=1S/C15H18ClFN2O3S/c16-12-2-1-11(13(17)7-12)9-23(21,22)19-5-3-15(4-6-19)8-14(20)18-10-15/h1-2,7H,3-6,8-10H2,(H,18,20). The summed E-state index contributed by atoms with van der Waals surface area (Å²) in [7, 11) is -3.59. The normalized spacial score (nSPS) is 21.6. The first-order valence-corrected chi connectivity index (χ1v) is 9.47. The van der Waals surface area contributed by atoms with Crippen LogP contribution in [0, 0.1) is 11.2 Å². The maximum Gasteiger partial charge on any atom is 0.220 e. The number of carbonyl (C=O) groups excluding carboxylic acids is 1. The van der Waals surface area contributed by atoms with Gasteiger partial charge in [-0.1, -0.05) is 17.7 Å². The van der Waals surface area contributed by atoms with E-state index in [1.54, 1.807) is 0 Å². The van der Waals surface area contributed by atoms with E-state index in [2.05, 4.69) is 5.32 Å². The molecule has 1 N–H and O–H groups in total. The minimum absolute atomic E-state index is 0.0320. The molecule has 126 valence electrons. The molecular weight excluding hydrogens is 343 g/mol. The van der Waals surface area contributed by atoms with Crippen LogP contribution in [0.25, 0.3) is 0 Å². The molecule has 0 radical (unpaired) electrons. The lowest BCUT2D eigenvalue weighted by molar-refractivity contribution is -0.119. The quantitative estimate of drug-likeness (QED) is 0.895. The molecule has 0 bridgehead atoms. The molecule has 0 atom stereocenters. The Kier molecular flexibility index (Phi) is 4.37. The molecule has 0 saturated carbocycles. The van der Waals surface area contributed by atoms with Gasteiger partial charge >= 0.3 is 0 Å². The van der Waals surface area contributed by atoms with E-state index in [1.165, 1.54) is 16.4 Å². The molecule has 3 rings (SSSR count). The molecule has 23 heavy (non-hydrogen) atoms. The van der Waals surface area contributed by atoms with Crippen LogP contribution in [0.1, 0.15) is 24.8 Å². The van der Waals surface area contributed by atoms with Crippen molar-refractivity contribution in [2.24, 2.45) is 5.41 Å². The van der Waals surface area contributed by atoms with Crippen LogP contribution >= 0.6 is 11.6 Å². The number of benzene rings is 1. The fourth-order valence-corrected chi connectivity index (χ4v) is 4.98. The fraction of sp³-hybridized carbons (Fsp3) is 0.533. The smallest absolute Gasteiger partial charge is 0.220 e. The Morgan fingerprint density at radius 2 is 2.00 bits per heavy atom. The van der Waals surface area contributed by atoms with Gasteiger partial charge in [0.25, 0.3) is 0 Å². The molecule has 2 aliphatic heterocycles. The molecule has 0 unspecified atom stereocenters. The zero-order chi connectivity index (χ0) is 16.7. The highest BCUT2D eigenvalue weighted by atomic mass is 35.5. The van der Waals surface area contributed by atoms with Gasteiger partial charge in [0.1, 0.15) is 5.82 Å². The van der Waals surface area contributed by atoms with E-state index in [9.17, 15) is 17.6 Å². The molecule has 2 aliphatic rings. The largest absolute Gasteiger partial charge is 0.356 e. The van der Waals surface area contributed by atoms with E-state index in [0.29, 0.717) is 38.9 Å². The number of hydrogen-bond donors (Lipinski definition) is 1. The third-order valence-electron chi connectivity index (χ3n) is 4.73. The van der Waals surface area contributed by atoms with Crippen molar-refractivity contribution in [3.8, 4) is 0 Å². The maximum atomic E-state index is 13.8. The highest BCUT2D eigenvalue weighted by Crippen LogP contribution is 2.38. The average molecular weight is 361 g/mol. The maximum absolute atomic E-state index is 13.8. The van der Waals surface area contributed by atoms with Gasteiger partial charge in [0.2, 0.25) is 15.9 Å². The van der Waals surface area contributed by atoms with Crippen molar-refractivity contribution in [1.29, 1.82) is 0 Å². The number of nitrogens with zero attached hydrogens (tertiary/aromatic N) is 1. The van der Waals surface area contributed by atoms with E-state index in [4.69, 9.17) is 11.6 Å². The number of nitrogens with one attached hydrogen (secondary N) is 1. The number of piperidine rings is 1. The van der Waals surface area contributed by atoms with Crippen LogP contribution < -0.4 is 5.32 Å². The third-order valence-corrected chi connectivity index (χ3v) is 6.79. The number of sulfonamides is 1. The molecule has 8 heteroatoms. The van der Waals surface area contributed by atoms with E-state index >= 15 is 0 Å². The average Bonchev–Trinajstić information content (AvgIpc) is 2.83. The van der Waals surface area contributed by atoms with Crippen LogP contribution in [0.4, 0.5) is 4.39 Å². The predicted octanol–water partition coefficient (Wildman–Crippen LogP) is 1.91. The molecule has 2 fully saturated rings. The number of hydrogen-bond acceptors (Lipinski definition) is 3. The number of halogens is 2. The van der Waals surface area contributed by atoms with Crippen molar-refractivity contribution in [2.45, 2.75) is 25.0 Å². The van der Waals surface area contributed by atoms with Gasteiger partial charge in [-0.05, 0) is 30.4 Å². The molecule has 1 spiro atoms. The summed E-state index contributed by atoms with van der Waals surface area (Å²) in [5.74, 6) is -0.954. The van der Waals surface area contributed by atoms with Crippen molar-refractivity contribution in [1.82, 2.24) is 9.62 Å². The van der Waals surface area contributed by atoms with Crippen molar-refractivity contribution >= 4 is 27.5 Å². The van der Waals surface area contributed by atoms with E-state index in [0.717, 1.165) is 6.07 Å². The monoisotopic (exact) mass is 360 g/mol. The minimum Gasteiger partial charge on any atom is -0.356 e. The van der Waals surface area contributed by atoms with Crippen molar-refractivity contribution in [3.05, 3.63) is 34.6 Å². The summed E-state index contributed by atoms with van der Waals surface area (Å²) in [5, 5.41) is 3.06. The molecule has 2 heterocycles. The van der Waals surface area contributed by atoms with Crippen LogP contribution in [0.15, 0.2) is 18.2 Å². The minimum atomic E-state index is -3.59. The number of carbonyl (C=O) groups is 1. The molecule has 2 saturated heterocycles. The van der Waals surface area contributed by atoms with Gasteiger partial charge in [-0.25, -0.2) is 17.1 Å². The molecule has 0 aromatic heterocycles. The Bertz CT molecular complexity index is 730. The molecule has 1 amide bonds.